The van der Waals surface area contributed by atoms with E-state index in [4.69, 9.17) is 24.5 Å². The first-order valence-corrected chi connectivity index (χ1v) is 33.4. The van der Waals surface area contributed by atoms with Gasteiger partial charge in [-0.15, -0.1) is 15.3 Å². The zero-order valence-electron chi connectivity index (χ0n) is 50.2. The molecule has 9 aromatic rings. The van der Waals surface area contributed by atoms with Gasteiger partial charge in [0.05, 0.1) is 65.6 Å². The number of methoxy groups -OCH3 is 2. The molecule has 0 saturated heterocycles. The van der Waals surface area contributed by atoms with Crippen molar-refractivity contribution < 1.29 is 80.8 Å². The van der Waals surface area contributed by atoms with Crippen LogP contribution in [-0.2, 0) is 40.5 Å². The smallest absolute Gasteiger partial charge is 0.296 e. The number of fused-ring (bicyclic) bond motifs is 2. The number of nitrogens with one attached hydrogen (secondary N) is 2. The number of rotatable bonds is 22. The summed E-state index contributed by atoms with van der Waals surface area (Å²) < 4.78 is 153. The number of azo groups is 4. The average molecular weight is 1360 g/mol. The molecule has 0 bridgehead atoms. The van der Waals surface area contributed by atoms with E-state index in [1.54, 1.807) is 63.2 Å². The van der Waals surface area contributed by atoms with Crippen molar-refractivity contribution >= 4 is 136 Å². The maximum atomic E-state index is 13.7. The van der Waals surface area contributed by atoms with Crippen molar-refractivity contribution in [3.05, 3.63) is 167 Å². The minimum absolute atomic E-state index is 0.0106. The molecule has 0 fully saturated rings. The number of ether oxygens (including phenoxy) is 3. The second kappa shape index (κ2) is 27.4. The van der Waals surface area contributed by atoms with E-state index in [2.05, 4.69) is 51.5 Å². The second-order valence-electron chi connectivity index (χ2n) is 20.8. The molecule has 94 heavy (non-hydrogen) atoms. The molecule has 486 valence electrons. The Kier molecular flexibility index (Phi) is 19.7. The second-order valence-corrected chi connectivity index (χ2v) is 26.6. The third kappa shape index (κ3) is 16.2. The molecule has 0 unspecified atom stereocenters. The molecule has 9 N–H and O–H groups in total. The molecule has 0 spiro atoms. The van der Waals surface area contributed by atoms with Crippen LogP contribution in [0.4, 0.5) is 62.6 Å². The topological polar surface area (TPSA) is 449 Å². The molecule has 29 nitrogen and oxygen atoms in total. The molecule has 0 atom stereocenters. The largest absolute Gasteiger partial charge is 0.505 e. The molecule has 9 aromatic carbocycles. The van der Waals surface area contributed by atoms with Gasteiger partial charge in [0.1, 0.15) is 44.1 Å². The number of hydrogen-bond donors (Lipinski definition) is 8. The van der Waals surface area contributed by atoms with Gasteiger partial charge in [-0.25, -0.2) is 0 Å². The van der Waals surface area contributed by atoms with Crippen molar-refractivity contribution in [3.8, 4) is 23.0 Å². The lowest BCUT2D eigenvalue weighted by atomic mass is 10.1. The molecular weight excluding hydrogens is 1300 g/mol. The zero-order chi connectivity index (χ0) is 68.2. The van der Waals surface area contributed by atoms with Gasteiger partial charge in [0.2, 0.25) is 0 Å². The van der Waals surface area contributed by atoms with Crippen LogP contribution < -0.4 is 30.6 Å². The van der Waals surface area contributed by atoms with Crippen molar-refractivity contribution in [1.82, 2.24) is 0 Å². The third-order valence-corrected chi connectivity index (χ3v) is 17.5. The van der Waals surface area contributed by atoms with Gasteiger partial charge in [0, 0.05) is 51.5 Å². The summed E-state index contributed by atoms with van der Waals surface area (Å²) in [4.78, 5) is 24.2. The number of aromatic hydroxyl groups is 1. The van der Waals surface area contributed by atoms with Gasteiger partial charge >= 0.3 is 0 Å². The number of anilines is 3. The van der Waals surface area contributed by atoms with E-state index in [9.17, 15) is 62.0 Å². The highest BCUT2D eigenvalue weighted by molar-refractivity contribution is 7.86. The number of carbonyl (C=O) groups is 2. The number of nitrogen functional groups attached to an aromatic ring is 1. The first kappa shape index (κ1) is 67.9. The van der Waals surface area contributed by atoms with Crippen molar-refractivity contribution in [2.24, 2.45) is 40.9 Å². The summed E-state index contributed by atoms with van der Waals surface area (Å²) in [5.74, 6) is -2.70. The maximum absolute atomic E-state index is 13.7. The number of amides is 2. The summed E-state index contributed by atoms with van der Waals surface area (Å²) in [5.41, 5.74) is 10.8. The third-order valence-electron chi connectivity index (χ3n) is 14.1. The van der Waals surface area contributed by atoms with Crippen molar-refractivity contribution in [1.29, 1.82) is 0 Å². The Labute approximate surface area is 536 Å². The SMILES string of the molecule is COc1cc(N=Nc2c(S(=O)(=O)O)cc3cc(NC(=O)c4ccc(N)cc4)ccc3c2O)c(OC)cc1N=Nc1cc(C)c(N=Nc2ccc(N=Nc3ccc(C(=O)Nc4cc5c(OCCCS(=O)(=O)O)cc(S(=O)(=O)O)cc5cc4S(=O)(=O)O)cc3C)c(C)c2)cc1C. The molecule has 2 amide bonds. The van der Waals surface area contributed by atoms with E-state index in [-0.39, 0.29) is 74.4 Å². The van der Waals surface area contributed by atoms with Gasteiger partial charge in [-0.1, -0.05) is 0 Å². The number of phenolic OH excluding ortho intramolecular Hbond substituents is 1. The Morgan fingerprint density at radius 2 is 1.00 bits per heavy atom. The van der Waals surface area contributed by atoms with E-state index in [1.165, 1.54) is 74.9 Å². The molecule has 0 radical (unpaired) electrons. The molecule has 0 aliphatic carbocycles. The summed E-state index contributed by atoms with van der Waals surface area (Å²) in [6.45, 7) is 6.66. The van der Waals surface area contributed by atoms with Crippen LogP contribution >= 0.6 is 0 Å². The lowest BCUT2D eigenvalue weighted by Crippen LogP contribution is -2.15. The van der Waals surface area contributed by atoms with Gasteiger partial charge in [-0.2, -0.15) is 59.2 Å². The maximum Gasteiger partial charge on any atom is 0.296 e. The zero-order valence-corrected chi connectivity index (χ0v) is 53.4. The van der Waals surface area contributed by atoms with Crippen LogP contribution in [0.3, 0.4) is 0 Å². The summed E-state index contributed by atoms with van der Waals surface area (Å²) >= 11 is 0. The van der Waals surface area contributed by atoms with Crippen molar-refractivity contribution in [2.75, 3.05) is 42.9 Å². The molecule has 0 saturated carbocycles. The summed E-state index contributed by atoms with van der Waals surface area (Å²) in [5, 5.41) is 51.3. The van der Waals surface area contributed by atoms with Crippen molar-refractivity contribution in [2.45, 2.75) is 48.8 Å². The number of carbonyl (C=O) groups excluding carboxylic acids is 2. The van der Waals surface area contributed by atoms with Gasteiger partial charge in [-0.05, 0) is 182 Å². The number of hydrogen-bond acceptors (Lipinski definition) is 23. The predicted molar refractivity (Wildman–Crippen MR) is 347 cm³/mol. The minimum Gasteiger partial charge on any atom is -0.505 e. The first-order chi connectivity index (χ1) is 44.3. The predicted octanol–water partition coefficient (Wildman–Crippen LogP) is 14.1. The molecule has 0 aromatic heterocycles. The average Bonchev–Trinajstić information content (AvgIpc) is 0.773. The van der Waals surface area contributed by atoms with Crippen LogP contribution in [0, 0.1) is 27.7 Å². The van der Waals surface area contributed by atoms with E-state index < -0.39 is 89.9 Å². The summed E-state index contributed by atoms with van der Waals surface area (Å²) in [7, 11) is -16.7. The van der Waals surface area contributed by atoms with E-state index in [0.717, 1.165) is 30.3 Å². The van der Waals surface area contributed by atoms with Gasteiger partial charge in [-0.3, -0.25) is 27.8 Å². The number of nitrogens with zero attached hydrogens (tertiary/aromatic N) is 8. The van der Waals surface area contributed by atoms with Crippen LogP contribution in [0.2, 0.25) is 0 Å². The van der Waals surface area contributed by atoms with Gasteiger partial charge < -0.3 is 35.7 Å². The molecule has 0 aliphatic heterocycles. The molecule has 0 heterocycles. The Balaban J connectivity index is 0.870. The van der Waals surface area contributed by atoms with E-state index in [1.807, 2.05) is 6.92 Å². The van der Waals surface area contributed by atoms with Crippen LogP contribution in [0.25, 0.3) is 21.5 Å². The normalized spacial score (nSPS) is 12.4. The first-order valence-electron chi connectivity index (χ1n) is 27.4. The van der Waals surface area contributed by atoms with Crippen LogP contribution in [0.15, 0.2) is 189 Å². The summed E-state index contributed by atoms with van der Waals surface area (Å²) in [6.07, 6.45) is -0.253. The van der Waals surface area contributed by atoms with Crippen molar-refractivity contribution in [3.63, 3.8) is 0 Å². The lowest BCUT2D eigenvalue weighted by Gasteiger charge is -2.15. The summed E-state index contributed by atoms with van der Waals surface area (Å²) in [6, 6.07) is 31.1. The fourth-order valence-corrected chi connectivity index (χ4v) is 11.6. The molecule has 33 heteroatoms. The highest BCUT2D eigenvalue weighted by atomic mass is 32.2. The van der Waals surface area contributed by atoms with Crippen LogP contribution in [0.1, 0.15) is 49.4 Å². The lowest BCUT2D eigenvalue weighted by molar-refractivity contribution is 0.101. The fourth-order valence-electron chi connectivity index (χ4n) is 9.26. The molecule has 9 rings (SSSR count). The number of aryl methyl sites for hydroxylation is 4. The fraction of sp³-hybridized carbons (Fsp3) is 0.148. The number of phenols is 1. The molecule has 0 aliphatic rings. The quantitative estimate of drug-likeness (QED) is 0.0135. The number of nitrogens with two attached hydrogens (primary N) is 1. The Hall–Kier alpha value is -10.5. The molecular formula is C61H55N11O18S4. The van der Waals surface area contributed by atoms with Crippen LogP contribution in [-0.4, -0.2) is 95.4 Å². The van der Waals surface area contributed by atoms with Gasteiger partial charge in [0.25, 0.3) is 52.3 Å². The van der Waals surface area contributed by atoms with E-state index in [0.29, 0.717) is 61.9 Å². The van der Waals surface area contributed by atoms with Crippen LogP contribution in [0.5, 0.6) is 23.0 Å². The monoisotopic (exact) mass is 1360 g/mol. The highest BCUT2D eigenvalue weighted by Gasteiger charge is 2.26. The Morgan fingerprint density at radius 1 is 0.479 bits per heavy atom. The highest BCUT2D eigenvalue weighted by Crippen LogP contribution is 2.46. The van der Waals surface area contributed by atoms with Gasteiger partial charge in [0.15, 0.2) is 5.75 Å². The number of benzene rings is 9. The Bertz CT molecular complexity index is 5190. The van der Waals surface area contributed by atoms with E-state index >= 15 is 0 Å². The standard InChI is InChI=1S/C61H55N11O18S4/c1-32-20-37(61(75)64-52-29-45-39(26-56(52)93(82,83)84)25-43(92(79,80)81)28-53(45)90-18-7-19-91(76,77)78)10-16-46(32)66-67-47-17-14-42(21-33(47)2)65-68-48-22-35(4)49(23-34(48)3)69-70-50-30-55(89-6)51(31-54(50)88-5)71-72-58-57(94(85,86)87)27-38-24-41(13-15-44(38)59(58)73)63-60(74)36-8-11-40(62)12-9-36/h8-17,20-31,73H,7,18-19,62H2,1-6H3,(H,63,74)(H,64,75)(H,76,77,78)(H,79,80,81)(H,82,83,84)(H,85,86,87). The Morgan fingerprint density at radius 3 is 1.57 bits per heavy atom. The minimum atomic E-state index is -5.10.